The minimum Gasteiger partial charge on any atom is -0.521 e. The summed E-state index contributed by atoms with van der Waals surface area (Å²) in [4.78, 5) is 23.3. The van der Waals surface area contributed by atoms with E-state index in [1.807, 2.05) is 406 Å². The van der Waals surface area contributed by atoms with E-state index in [2.05, 4.69) is 164 Å². The molecule has 131 heavy (non-hydrogen) atoms. The van der Waals surface area contributed by atoms with E-state index in [0.717, 1.165) is 129 Å². The Hall–Kier alpha value is -13.6. The fourth-order valence-corrected chi connectivity index (χ4v) is 11.3. The number of nitrogens with zero attached hydrogens (tertiary/aromatic N) is 5. The van der Waals surface area contributed by atoms with Gasteiger partial charge in [-0.15, -0.1) is 406 Å². The van der Waals surface area contributed by atoms with E-state index in [0.29, 0.717) is 0 Å². The molecule has 18 aromatic rings. The molecule has 0 saturated carbocycles. The SMILES string of the molecule is [C-]#Cc1ccc(C(C)(C)C)cc1.[C-]#Cc1ccccc1.[CH-]=C.[CH-]=CC(C)(C)C.[CH-]=Cc1ccccc1.[Ni+3].[Ni+3].[Ni+3].[Ni+3].[Ni+3].[c-]1ccccc1-c1cccc(-c2[c-]cccc2)n1.[c-]1ccccc1-c1cccc(-c2[c-]cccc2)n1.[c-]1ccccc1-c1cccc(-c2[c-]cccc2)n1.[c-]1ccccc1-c1cccc(-c2[c-]cccc2)n1.[c-]1ccccc1-c1cccc(-c2[c-]cccc2)n1. The third-order valence-corrected chi connectivity index (χ3v) is 17.9. The molecule has 0 saturated heterocycles. The van der Waals surface area contributed by atoms with Crippen LogP contribution in [0.2, 0.25) is 0 Å². The number of allylic oxidation sites excluding steroid dienone is 1. The van der Waals surface area contributed by atoms with Crippen LogP contribution in [0, 0.1) is 111 Å². The van der Waals surface area contributed by atoms with E-state index in [4.69, 9.17) is 26.0 Å². The van der Waals surface area contributed by atoms with E-state index < -0.39 is 0 Å². The maximum Gasteiger partial charge on any atom is 3.00 e. The summed E-state index contributed by atoms with van der Waals surface area (Å²) < 4.78 is 0. The molecule has 10 heteroatoms. The number of aromatic nitrogens is 5. The molecule has 5 aromatic heterocycles. The van der Waals surface area contributed by atoms with Crippen LogP contribution < -0.4 is 0 Å². The molecular formula is C121H94N5Ni5. The van der Waals surface area contributed by atoms with E-state index in [9.17, 15) is 0 Å². The van der Waals surface area contributed by atoms with Crippen LogP contribution in [0.25, 0.3) is 119 Å². The summed E-state index contributed by atoms with van der Waals surface area (Å²) in [6.45, 7) is 30.1. The summed E-state index contributed by atoms with van der Waals surface area (Å²) in [7, 11) is 0. The average Bonchev–Trinajstić information content (AvgIpc) is 0.852. The molecule has 0 spiro atoms. The summed E-state index contributed by atoms with van der Waals surface area (Å²) in [6, 6.07) is 168. The van der Waals surface area contributed by atoms with Crippen LogP contribution in [0.4, 0.5) is 0 Å². The van der Waals surface area contributed by atoms with E-state index in [1.165, 1.54) is 5.56 Å². The van der Waals surface area contributed by atoms with Crippen molar-refractivity contribution in [2.45, 2.75) is 47.0 Å². The van der Waals surface area contributed by atoms with Crippen molar-refractivity contribution in [3.8, 4) is 124 Å². The van der Waals surface area contributed by atoms with Crippen molar-refractivity contribution in [2.75, 3.05) is 0 Å². The Morgan fingerprint density at radius 1 is 0.237 bits per heavy atom. The van der Waals surface area contributed by atoms with Crippen molar-refractivity contribution in [1.82, 2.24) is 24.9 Å². The van der Waals surface area contributed by atoms with Gasteiger partial charge in [0.25, 0.3) is 0 Å². The van der Waals surface area contributed by atoms with Crippen LogP contribution in [0.1, 0.15) is 63.8 Å². The van der Waals surface area contributed by atoms with Gasteiger partial charge in [0.05, 0.1) is 0 Å². The molecule has 13 aromatic carbocycles. The topological polar surface area (TPSA) is 64.5 Å². The second-order valence-corrected chi connectivity index (χ2v) is 29.4. The average molecular weight is 1910 g/mol. The Kier molecular flexibility index (Phi) is 51.8. The second-order valence-electron chi connectivity index (χ2n) is 29.4. The molecule has 5 radical (unpaired) electrons. The van der Waals surface area contributed by atoms with E-state index in [1.54, 1.807) is 12.2 Å². The standard InChI is InChI=1S/5C17H11N.C12H13.C8H7.C8H5.C6H11.C2H3.5Ni/c5*1-3-8-14(9-4-1)16-12-7-13-17(18-16)15-10-5-2-6-11-15;1-5-10-6-8-11(9-7-10)12(2,3)4;2*1-2-8-6-4-3-5-7-8;1-5-6(2,3)4;1-2;;;;;/h5*1-8,10,12-13H;6-9H,2-4H3;1-7H;3-7H;1,5H,2-4H3;1H,2H2;;;;;/q5*-2;5*-1;5*+3. The molecule has 5 heterocycles. The van der Waals surface area contributed by atoms with Gasteiger partial charge in [-0.1, -0.05) is 186 Å². The summed E-state index contributed by atoms with van der Waals surface area (Å²) in [5.41, 5.74) is 23.9. The summed E-state index contributed by atoms with van der Waals surface area (Å²) >= 11 is 0. The zero-order valence-electron chi connectivity index (χ0n) is 73.2. The Balaban J connectivity index is 0.000000312. The second kappa shape index (κ2) is 61.8. The van der Waals surface area contributed by atoms with Crippen LogP contribution in [0.3, 0.4) is 0 Å². The van der Waals surface area contributed by atoms with Gasteiger partial charge in [0.1, 0.15) is 0 Å². The summed E-state index contributed by atoms with van der Waals surface area (Å²) in [5.74, 6) is 4.63. The molecule has 0 aliphatic carbocycles. The molecule has 0 bridgehead atoms. The fourth-order valence-electron chi connectivity index (χ4n) is 11.3. The van der Waals surface area contributed by atoms with Gasteiger partial charge in [-0.3, -0.25) is 31.1 Å². The first-order valence-electron chi connectivity index (χ1n) is 40.8. The first kappa shape index (κ1) is 110. The Bertz CT molecular complexity index is 5240. The van der Waals surface area contributed by atoms with Crippen molar-refractivity contribution >= 4 is 6.08 Å². The van der Waals surface area contributed by atoms with Gasteiger partial charge in [0.2, 0.25) is 0 Å². The third kappa shape index (κ3) is 39.1. The Morgan fingerprint density at radius 3 is 0.534 bits per heavy atom. The zero-order valence-corrected chi connectivity index (χ0v) is 78.2. The first-order chi connectivity index (χ1) is 61.6. The summed E-state index contributed by atoms with van der Waals surface area (Å²) in [5, 5.41) is 0. The molecule has 0 aliphatic rings. The molecule has 18 rings (SSSR count). The Labute approximate surface area is 829 Å². The summed E-state index contributed by atoms with van der Waals surface area (Å²) in [6.07, 6.45) is 16.9. The van der Waals surface area contributed by atoms with Crippen LogP contribution in [0.15, 0.2) is 431 Å². The normalized spacial score (nSPS) is 9.56. The van der Waals surface area contributed by atoms with Crippen molar-refractivity contribution in [2.24, 2.45) is 5.41 Å². The van der Waals surface area contributed by atoms with Crippen molar-refractivity contribution in [1.29, 1.82) is 0 Å². The molecule has 0 atom stereocenters. The number of hydrogen-bond donors (Lipinski definition) is 0. The van der Waals surface area contributed by atoms with Gasteiger partial charge in [0, 0.05) is 0 Å². The van der Waals surface area contributed by atoms with Crippen molar-refractivity contribution < 1.29 is 82.5 Å². The molecular weight excluding hydrogens is 1820 g/mol. The molecule has 5 nitrogen and oxygen atoms in total. The molecule has 0 aliphatic heterocycles. The zero-order chi connectivity index (χ0) is 89.1. The molecule has 0 unspecified atom stereocenters. The number of hydrogen-bond acceptors (Lipinski definition) is 5. The predicted molar refractivity (Wildman–Crippen MR) is 521 cm³/mol. The van der Waals surface area contributed by atoms with Gasteiger partial charge < -0.3 is 50.9 Å². The van der Waals surface area contributed by atoms with Crippen LogP contribution in [-0.2, 0) is 87.9 Å². The largest absolute Gasteiger partial charge is 3.00 e. The van der Waals surface area contributed by atoms with Gasteiger partial charge in [-0.2, -0.15) is 5.56 Å². The fraction of sp³-hybridized carbons (Fsp3) is 0.0661. The maximum absolute atomic E-state index is 6.92. The molecule has 0 N–H and O–H groups in total. The molecule has 0 amide bonds. The van der Waals surface area contributed by atoms with E-state index >= 15 is 0 Å². The van der Waals surface area contributed by atoms with Gasteiger partial charge in [-0.25, -0.2) is 6.08 Å². The minimum atomic E-state index is 0. The van der Waals surface area contributed by atoms with Crippen LogP contribution in [-0.4, -0.2) is 24.9 Å². The van der Waals surface area contributed by atoms with Crippen LogP contribution in [0.5, 0.6) is 0 Å². The number of pyridine rings is 5. The smallest absolute Gasteiger partial charge is 0.521 e. The van der Waals surface area contributed by atoms with Crippen LogP contribution >= 0.6 is 0 Å². The van der Waals surface area contributed by atoms with Gasteiger partial charge in [0.15, 0.2) is 0 Å². The first-order valence-corrected chi connectivity index (χ1v) is 40.8. The van der Waals surface area contributed by atoms with Crippen molar-refractivity contribution in [3.63, 3.8) is 0 Å². The third-order valence-electron chi connectivity index (χ3n) is 17.9. The molecule has 0 fully saturated rings. The number of benzene rings is 13. The van der Waals surface area contributed by atoms with Crippen molar-refractivity contribution in [3.05, 3.63) is 547 Å². The van der Waals surface area contributed by atoms with E-state index in [-0.39, 0.29) is 93.3 Å². The minimum absolute atomic E-state index is 0. The van der Waals surface area contributed by atoms with Gasteiger partial charge >= 0.3 is 82.5 Å². The van der Waals surface area contributed by atoms with Gasteiger partial charge in [-0.05, 0) is 67.9 Å². The molecule has 653 valence electrons. The Morgan fingerprint density at radius 2 is 0.405 bits per heavy atom. The quantitative estimate of drug-likeness (QED) is 0.0733. The monoisotopic (exact) mass is 1910 g/mol. The number of rotatable bonds is 11. The maximum atomic E-state index is 6.92. The predicted octanol–water partition coefficient (Wildman–Crippen LogP) is 29.4.